The first kappa shape index (κ1) is 10.4. The molecule has 0 saturated heterocycles. The van der Waals surface area contributed by atoms with Crippen LogP contribution in [0.2, 0.25) is 0 Å². The lowest BCUT2D eigenvalue weighted by Gasteiger charge is -2.20. The predicted molar refractivity (Wildman–Crippen MR) is 65.6 cm³/mol. The Kier molecular flexibility index (Phi) is 3.22. The van der Waals surface area contributed by atoms with Crippen LogP contribution in [0, 0.1) is 6.92 Å². The number of nitrogens with two attached hydrogens (primary N) is 1. The van der Waals surface area contributed by atoms with Crippen LogP contribution in [-0.4, -0.2) is 6.04 Å². The number of aryl methyl sites for hydroxylation is 1. The standard InChI is InChI=1S/C14H19N/c1-11-2-4-12(5-3-11)10-13-6-8-14(15)9-7-13/h2-5,10,14H,6-9,15H2,1H3. The van der Waals surface area contributed by atoms with E-state index >= 15 is 0 Å². The number of allylic oxidation sites excluding steroid dienone is 1. The van der Waals surface area contributed by atoms with Crippen LogP contribution in [0.3, 0.4) is 0 Å². The summed E-state index contributed by atoms with van der Waals surface area (Å²) in [6.45, 7) is 2.12. The molecule has 0 atom stereocenters. The molecular formula is C14H19N. The van der Waals surface area contributed by atoms with E-state index in [2.05, 4.69) is 37.3 Å². The minimum atomic E-state index is 0.431. The van der Waals surface area contributed by atoms with Crippen LogP contribution in [0.1, 0.15) is 36.8 Å². The van der Waals surface area contributed by atoms with E-state index in [0.717, 1.165) is 12.8 Å². The van der Waals surface area contributed by atoms with Crippen molar-refractivity contribution in [1.29, 1.82) is 0 Å². The summed E-state index contributed by atoms with van der Waals surface area (Å²) in [6.07, 6.45) is 6.98. The zero-order valence-corrected chi connectivity index (χ0v) is 9.37. The molecule has 1 saturated carbocycles. The van der Waals surface area contributed by atoms with E-state index in [1.165, 1.54) is 24.0 Å². The Balaban J connectivity index is 2.06. The molecule has 1 fully saturated rings. The SMILES string of the molecule is Cc1ccc(C=C2CCC(N)CC2)cc1. The first-order chi connectivity index (χ1) is 7.24. The maximum atomic E-state index is 5.88. The highest BCUT2D eigenvalue weighted by molar-refractivity contribution is 5.53. The third-order valence-corrected chi connectivity index (χ3v) is 3.12. The van der Waals surface area contributed by atoms with Crippen molar-refractivity contribution in [3.05, 3.63) is 41.0 Å². The van der Waals surface area contributed by atoms with E-state index in [9.17, 15) is 0 Å². The Morgan fingerprint density at radius 2 is 1.73 bits per heavy atom. The lowest BCUT2D eigenvalue weighted by atomic mass is 9.90. The van der Waals surface area contributed by atoms with Crippen LogP contribution < -0.4 is 5.73 Å². The number of rotatable bonds is 1. The molecule has 1 heteroatoms. The fourth-order valence-corrected chi connectivity index (χ4v) is 2.05. The van der Waals surface area contributed by atoms with Gasteiger partial charge in [-0.25, -0.2) is 0 Å². The van der Waals surface area contributed by atoms with Crippen molar-refractivity contribution in [2.75, 3.05) is 0 Å². The molecule has 0 bridgehead atoms. The Bertz CT molecular complexity index is 338. The van der Waals surface area contributed by atoms with E-state index in [-0.39, 0.29) is 0 Å². The van der Waals surface area contributed by atoms with Crippen LogP contribution in [-0.2, 0) is 0 Å². The van der Waals surface area contributed by atoms with Crippen LogP contribution >= 0.6 is 0 Å². The van der Waals surface area contributed by atoms with E-state index in [1.807, 2.05) is 0 Å². The molecule has 0 aliphatic heterocycles. The fourth-order valence-electron chi connectivity index (χ4n) is 2.05. The molecule has 0 radical (unpaired) electrons. The second-order valence-electron chi connectivity index (χ2n) is 4.55. The van der Waals surface area contributed by atoms with E-state index in [0.29, 0.717) is 6.04 Å². The van der Waals surface area contributed by atoms with Gasteiger partial charge in [0.25, 0.3) is 0 Å². The molecule has 80 valence electrons. The van der Waals surface area contributed by atoms with Crippen LogP contribution in [0.25, 0.3) is 6.08 Å². The molecule has 15 heavy (non-hydrogen) atoms. The molecule has 0 heterocycles. The minimum absolute atomic E-state index is 0.431. The van der Waals surface area contributed by atoms with Crippen molar-refractivity contribution in [2.24, 2.45) is 5.73 Å². The maximum absolute atomic E-state index is 5.88. The number of hydrogen-bond donors (Lipinski definition) is 1. The van der Waals surface area contributed by atoms with Gasteiger partial charge in [-0.05, 0) is 38.2 Å². The summed E-state index contributed by atoms with van der Waals surface area (Å²) < 4.78 is 0. The molecule has 1 aromatic rings. The topological polar surface area (TPSA) is 26.0 Å². The summed E-state index contributed by atoms with van der Waals surface area (Å²) in [5.74, 6) is 0. The predicted octanol–water partition coefficient (Wildman–Crippen LogP) is 3.28. The van der Waals surface area contributed by atoms with Gasteiger partial charge >= 0.3 is 0 Å². The molecule has 0 spiro atoms. The lowest BCUT2D eigenvalue weighted by Crippen LogP contribution is -2.23. The smallest absolute Gasteiger partial charge is 0.00449 e. The highest BCUT2D eigenvalue weighted by Crippen LogP contribution is 2.24. The molecule has 2 N–H and O–H groups in total. The van der Waals surface area contributed by atoms with Crippen molar-refractivity contribution in [3.63, 3.8) is 0 Å². The monoisotopic (exact) mass is 201 g/mol. The zero-order chi connectivity index (χ0) is 10.7. The molecule has 0 unspecified atom stereocenters. The second-order valence-corrected chi connectivity index (χ2v) is 4.55. The summed E-state index contributed by atoms with van der Waals surface area (Å²) in [5.41, 5.74) is 10.1. The summed E-state index contributed by atoms with van der Waals surface area (Å²) in [4.78, 5) is 0. The first-order valence-corrected chi connectivity index (χ1v) is 5.76. The van der Waals surface area contributed by atoms with E-state index < -0.39 is 0 Å². The van der Waals surface area contributed by atoms with Crippen molar-refractivity contribution in [3.8, 4) is 0 Å². The van der Waals surface area contributed by atoms with E-state index in [4.69, 9.17) is 5.73 Å². The molecule has 0 amide bonds. The molecule has 1 aromatic carbocycles. The van der Waals surface area contributed by atoms with Gasteiger partial charge in [0, 0.05) is 6.04 Å². The average Bonchev–Trinajstić information content (AvgIpc) is 2.25. The minimum Gasteiger partial charge on any atom is -0.328 e. The molecule has 1 nitrogen and oxygen atoms in total. The fraction of sp³-hybridized carbons (Fsp3) is 0.429. The van der Waals surface area contributed by atoms with Gasteiger partial charge in [-0.1, -0.05) is 41.5 Å². The van der Waals surface area contributed by atoms with Gasteiger partial charge in [0.05, 0.1) is 0 Å². The molecule has 1 aliphatic carbocycles. The van der Waals surface area contributed by atoms with Crippen LogP contribution in [0.4, 0.5) is 0 Å². The summed E-state index contributed by atoms with van der Waals surface area (Å²) in [5, 5.41) is 0. The Morgan fingerprint density at radius 1 is 1.13 bits per heavy atom. The summed E-state index contributed by atoms with van der Waals surface area (Å²) >= 11 is 0. The third kappa shape index (κ3) is 2.93. The van der Waals surface area contributed by atoms with Crippen molar-refractivity contribution >= 4 is 6.08 Å². The zero-order valence-electron chi connectivity index (χ0n) is 9.37. The van der Waals surface area contributed by atoms with Crippen molar-refractivity contribution in [2.45, 2.75) is 38.6 Å². The van der Waals surface area contributed by atoms with Gasteiger partial charge in [-0.3, -0.25) is 0 Å². The molecule has 0 aromatic heterocycles. The van der Waals surface area contributed by atoms with E-state index in [1.54, 1.807) is 5.57 Å². The van der Waals surface area contributed by atoms with Gasteiger partial charge < -0.3 is 5.73 Å². The quantitative estimate of drug-likeness (QED) is 0.741. The normalized spacial score (nSPS) is 21.5. The third-order valence-electron chi connectivity index (χ3n) is 3.12. The second kappa shape index (κ2) is 4.63. The van der Waals surface area contributed by atoms with Gasteiger partial charge in [-0.15, -0.1) is 0 Å². The van der Waals surface area contributed by atoms with Gasteiger partial charge in [0.15, 0.2) is 0 Å². The van der Waals surface area contributed by atoms with Gasteiger partial charge in [0.1, 0.15) is 0 Å². The Hall–Kier alpha value is -1.08. The largest absolute Gasteiger partial charge is 0.328 e. The van der Waals surface area contributed by atoms with Crippen LogP contribution in [0.15, 0.2) is 29.8 Å². The van der Waals surface area contributed by atoms with Crippen LogP contribution in [0.5, 0.6) is 0 Å². The summed E-state index contributed by atoms with van der Waals surface area (Å²) in [7, 11) is 0. The Labute approximate surface area is 92.0 Å². The molecular weight excluding hydrogens is 182 g/mol. The molecule has 1 aliphatic rings. The van der Waals surface area contributed by atoms with Gasteiger partial charge in [-0.2, -0.15) is 0 Å². The average molecular weight is 201 g/mol. The summed E-state index contributed by atoms with van der Waals surface area (Å²) in [6, 6.07) is 9.15. The maximum Gasteiger partial charge on any atom is 0.00449 e. The number of hydrogen-bond acceptors (Lipinski definition) is 1. The van der Waals surface area contributed by atoms with Crippen molar-refractivity contribution in [1.82, 2.24) is 0 Å². The Morgan fingerprint density at radius 3 is 2.33 bits per heavy atom. The highest BCUT2D eigenvalue weighted by Gasteiger charge is 2.11. The van der Waals surface area contributed by atoms with Gasteiger partial charge in [0.2, 0.25) is 0 Å². The number of benzene rings is 1. The molecule has 2 rings (SSSR count). The van der Waals surface area contributed by atoms with Crippen molar-refractivity contribution < 1.29 is 0 Å². The first-order valence-electron chi connectivity index (χ1n) is 5.76. The lowest BCUT2D eigenvalue weighted by molar-refractivity contribution is 0.514. The highest BCUT2D eigenvalue weighted by atomic mass is 14.6.